The highest BCUT2D eigenvalue weighted by molar-refractivity contribution is 5.78. The van der Waals surface area contributed by atoms with Gasteiger partial charge in [-0.1, -0.05) is 13.3 Å². The Morgan fingerprint density at radius 3 is 2.94 bits per heavy atom. The van der Waals surface area contributed by atoms with Gasteiger partial charge in [-0.15, -0.1) is 4.65 Å². The Labute approximate surface area is 109 Å². The monoisotopic (exact) mass is 254 g/mol. The lowest BCUT2D eigenvalue weighted by atomic mass is 10.0. The Bertz CT molecular complexity index is 345. The quantitative estimate of drug-likeness (QED) is 0.694. The molecule has 0 N–H and O–H groups in total. The van der Waals surface area contributed by atoms with Crippen LogP contribution in [0.2, 0.25) is 0 Å². The summed E-state index contributed by atoms with van der Waals surface area (Å²) < 4.78 is 0.445. The lowest BCUT2D eigenvalue weighted by molar-refractivity contribution is -1.05. The van der Waals surface area contributed by atoms with Gasteiger partial charge in [0.25, 0.3) is 0 Å². The third-order valence-electron chi connectivity index (χ3n) is 3.82. The molecule has 0 aliphatic carbocycles. The normalized spacial score (nSPS) is 31.7. The van der Waals surface area contributed by atoms with Crippen molar-refractivity contribution in [1.82, 2.24) is 9.80 Å². The van der Waals surface area contributed by atoms with Crippen LogP contribution in [-0.4, -0.2) is 54.4 Å². The summed E-state index contributed by atoms with van der Waals surface area (Å²) in [5, 5.41) is 0. The summed E-state index contributed by atoms with van der Waals surface area (Å²) in [6.45, 7) is 4.54. The Kier molecular flexibility index (Phi) is 3.92. The molecule has 0 aromatic rings. The highest BCUT2D eigenvalue weighted by atomic mass is 16.7. The van der Waals surface area contributed by atoms with Crippen molar-refractivity contribution in [3.63, 3.8) is 0 Å². The van der Waals surface area contributed by atoms with Crippen LogP contribution in [-0.2, 0) is 9.63 Å². The molecule has 102 valence electrons. The molecule has 0 aromatic heterocycles. The van der Waals surface area contributed by atoms with E-state index in [1.165, 1.54) is 0 Å². The molecule has 2 aliphatic heterocycles. The average molecular weight is 254 g/mol. The summed E-state index contributed by atoms with van der Waals surface area (Å²) in [5.41, 5.74) is 0. The van der Waals surface area contributed by atoms with Gasteiger partial charge in [-0.05, 0) is 12.3 Å². The molecule has 2 rings (SSSR count). The molecule has 0 saturated carbocycles. The van der Waals surface area contributed by atoms with Gasteiger partial charge in [0.1, 0.15) is 13.2 Å². The lowest BCUT2D eigenvalue weighted by Gasteiger charge is -2.27. The molecule has 2 unspecified atom stereocenters. The van der Waals surface area contributed by atoms with Crippen molar-refractivity contribution in [3.05, 3.63) is 12.4 Å². The molecule has 2 aliphatic rings. The molecule has 1 saturated heterocycles. The largest absolute Gasteiger partial charge is 0.324 e. The second-order valence-electron chi connectivity index (χ2n) is 5.50. The van der Waals surface area contributed by atoms with Gasteiger partial charge in [-0.3, -0.25) is 4.79 Å². The summed E-state index contributed by atoms with van der Waals surface area (Å²) >= 11 is 0. The topological polar surface area (TPSA) is 32.8 Å². The number of rotatable bonds is 5. The van der Waals surface area contributed by atoms with Crippen LogP contribution in [0.4, 0.5) is 0 Å². The highest BCUT2D eigenvalue weighted by Gasteiger charge is 2.33. The van der Waals surface area contributed by atoms with Gasteiger partial charge in [0.15, 0.2) is 6.67 Å². The van der Waals surface area contributed by atoms with Gasteiger partial charge in [0.05, 0.1) is 20.0 Å². The molecule has 2 atom stereocenters. The SMILES string of the molecule is CCCC1CC(=O)N(CN2C=C[N+](C)(OC)C2)C1. The molecule has 5 heteroatoms. The molecule has 0 aromatic carbocycles. The number of hydroxylamine groups is 3. The second kappa shape index (κ2) is 5.28. The average Bonchev–Trinajstić information content (AvgIpc) is 2.86. The zero-order valence-electron chi connectivity index (χ0n) is 11.6. The third kappa shape index (κ3) is 2.84. The van der Waals surface area contributed by atoms with E-state index >= 15 is 0 Å². The Morgan fingerprint density at radius 2 is 2.33 bits per heavy atom. The molecule has 5 nitrogen and oxygen atoms in total. The van der Waals surface area contributed by atoms with Crippen molar-refractivity contribution in [2.75, 3.05) is 34.0 Å². The predicted octanol–water partition coefficient (Wildman–Crippen LogP) is 1.34. The van der Waals surface area contributed by atoms with E-state index in [1.807, 2.05) is 24.3 Å². The van der Waals surface area contributed by atoms with E-state index in [1.54, 1.807) is 7.11 Å². The first kappa shape index (κ1) is 13.4. The van der Waals surface area contributed by atoms with Gasteiger partial charge < -0.3 is 9.80 Å². The number of likely N-dealkylation sites (tertiary alicyclic amines) is 1. The number of carbonyl (C=O) groups excluding carboxylic acids is 1. The maximum Gasteiger partial charge on any atom is 0.224 e. The third-order valence-corrected chi connectivity index (χ3v) is 3.82. The molecule has 2 heterocycles. The van der Waals surface area contributed by atoms with E-state index in [-0.39, 0.29) is 0 Å². The first-order valence-corrected chi connectivity index (χ1v) is 6.68. The van der Waals surface area contributed by atoms with Crippen LogP contribution in [0.1, 0.15) is 26.2 Å². The predicted molar refractivity (Wildman–Crippen MR) is 68.6 cm³/mol. The van der Waals surface area contributed by atoms with Gasteiger partial charge >= 0.3 is 0 Å². The summed E-state index contributed by atoms with van der Waals surface area (Å²) in [5.74, 6) is 0.845. The maximum atomic E-state index is 11.9. The minimum Gasteiger partial charge on any atom is -0.324 e. The van der Waals surface area contributed by atoms with Crippen LogP contribution >= 0.6 is 0 Å². The van der Waals surface area contributed by atoms with Crippen molar-refractivity contribution in [1.29, 1.82) is 0 Å². The van der Waals surface area contributed by atoms with Crippen molar-refractivity contribution in [2.24, 2.45) is 5.92 Å². The Balaban J connectivity index is 1.85. The van der Waals surface area contributed by atoms with Crippen molar-refractivity contribution >= 4 is 5.91 Å². The molecule has 1 amide bonds. The fourth-order valence-electron chi connectivity index (χ4n) is 2.71. The van der Waals surface area contributed by atoms with Crippen LogP contribution in [0.25, 0.3) is 0 Å². The van der Waals surface area contributed by atoms with E-state index in [0.29, 0.717) is 23.1 Å². The Morgan fingerprint density at radius 1 is 1.56 bits per heavy atom. The number of hydrogen-bond acceptors (Lipinski definition) is 3. The highest BCUT2D eigenvalue weighted by Crippen LogP contribution is 2.23. The maximum absolute atomic E-state index is 11.9. The smallest absolute Gasteiger partial charge is 0.224 e. The Hall–Kier alpha value is -1.07. The molecule has 1 fully saturated rings. The molecular weight excluding hydrogens is 230 g/mol. The molecule has 0 spiro atoms. The molecular formula is C13H24N3O2+. The van der Waals surface area contributed by atoms with Crippen LogP contribution in [0.5, 0.6) is 0 Å². The van der Waals surface area contributed by atoms with Crippen molar-refractivity contribution in [2.45, 2.75) is 26.2 Å². The summed E-state index contributed by atoms with van der Waals surface area (Å²) in [6, 6.07) is 0. The van der Waals surface area contributed by atoms with E-state index in [4.69, 9.17) is 4.84 Å². The molecule has 0 radical (unpaired) electrons. The van der Waals surface area contributed by atoms with E-state index < -0.39 is 0 Å². The summed E-state index contributed by atoms with van der Waals surface area (Å²) in [4.78, 5) is 21.4. The number of nitrogens with zero attached hydrogens (tertiary/aromatic N) is 3. The van der Waals surface area contributed by atoms with Crippen LogP contribution in [0, 0.1) is 5.92 Å². The fourth-order valence-corrected chi connectivity index (χ4v) is 2.71. The number of hydrogen-bond donors (Lipinski definition) is 0. The first-order chi connectivity index (χ1) is 8.56. The second-order valence-corrected chi connectivity index (χ2v) is 5.50. The van der Waals surface area contributed by atoms with Crippen molar-refractivity contribution < 1.29 is 14.3 Å². The van der Waals surface area contributed by atoms with Crippen molar-refractivity contribution in [3.8, 4) is 0 Å². The zero-order chi connectivity index (χ0) is 13.2. The van der Waals surface area contributed by atoms with Crippen LogP contribution < -0.4 is 0 Å². The van der Waals surface area contributed by atoms with E-state index in [2.05, 4.69) is 11.8 Å². The van der Waals surface area contributed by atoms with Gasteiger partial charge in [0.2, 0.25) is 5.91 Å². The van der Waals surface area contributed by atoms with Crippen LogP contribution in [0.3, 0.4) is 0 Å². The lowest BCUT2D eigenvalue weighted by Crippen LogP contribution is -2.43. The zero-order valence-corrected chi connectivity index (χ0v) is 11.6. The standard InChI is InChI=1S/C13H24N3O2/c1-4-5-12-8-13(17)15(9-12)10-14-6-7-16(2,11-14)18-3/h6-7,12H,4-5,8-11H2,1-3H3/q+1. The number of amides is 1. The number of quaternary nitrogens is 1. The fraction of sp³-hybridized carbons (Fsp3) is 0.769. The van der Waals surface area contributed by atoms with Crippen LogP contribution in [0.15, 0.2) is 12.4 Å². The summed E-state index contributed by atoms with van der Waals surface area (Å²) in [7, 11) is 3.70. The molecule has 0 bridgehead atoms. The first-order valence-electron chi connectivity index (χ1n) is 6.68. The van der Waals surface area contributed by atoms with Gasteiger partial charge in [-0.2, -0.15) is 4.84 Å². The molecule has 18 heavy (non-hydrogen) atoms. The van der Waals surface area contributed by atoms with Gasteiger partial charge in [0, 0.05) is 13.0 Å². The minimum absolute atomic E-state index is 0.292. The summed E-state index contributed by atoms with van der Waals surface area (Å²) in [6.07, 6.45) is 7.06. The minimum atomic E-state index is 0.292. The van der Waals surface area contributed by atoms with E-state index in [0.717, 1.165) is 32.5 Å². The van der Waals surface area contributed by atoms with E-state index in [9.17, 15) is 4.79 Å². The number of carbonyl (C=O) groups is 1. The van der Waals surface area contributed by atoms with Gasteiger partial charge in [-0.25, -0.2) is 0 Å².